The third-order valence-corrected chi connectivity index (χ3v) is 5.63. The van der Waals surface area contributed by atoms with Crippen LogP contribution in [-0.2, 0) is 35.7 Å². The number of hydrogen-bond donors (Lipinski definition) is 0. The van der Waals surface area contributed by atoms with Crippen LogP contribution in [0.2, 0.25) is 5.28 Å². The minimum Gasteiger partial charge on any atom is -0.375 e. The number of halogens is 1. The highest BCUT2D eigenvalue weighted by molar-refractivity contribution is 6.28. The molecule has 142 valence electrons. The van der Waals surface area contributed by atoms with E-state index in [0.29, 0.717) is 13.2 Å². The minimum absolute atomic E-state index is 0.247. The van der Waals surface area contributed by atoms with Gasteiger partial charge in [-0.2, -0.15) is 0 Å². The molecular formula is C19H22ClN5O2. The minimum atomic E-state index is 0.247. The second-order valence-electron chi connectivity index (χ2n) is 7.33. The molecule has 2 aromatic rings. The Hall–Kier alpha value is -1.96. The maximum atomic E-state index is 6.15. The molecule has 0 unspecified atom stereocenters. The van der Waals surface area contributed by atoms with Gasteiger partial charge in [0, 0.05) is 43.9 Å². The Morgan fingerprint density at radius 1 is 1.15 bits per heavy atom. The molecular weight excluding hydrogens is 366 g/mol. The summed E-state index contributed by atoms with van der Waals surface area (Å²) < 4.78 is 11.2. The average Bonchev–Trinajstić information content (AvgIpc) is 3.15. The van der Waals surface area contributed by atoms with Crippen LogP contribution in [0.3, 0.4) is 0 Å². The number of pyridine rings is 1. The molecule has 0 aliphatic carbocycles. The van der Waals surface area contributed by atoms with E-state index in [1.165, 1.54) is 16.9 Å². The van der Waals surface area contributed by atoms with Crippen molar-refractivity contribution >= 4 is 23.1 Å². The topological polar surface area (TPSA) is 63.6 Å². The quantitative estimate of drug-likeness (QED) is 0.733. The summed E-state index contributed by atoms with van der Waals surface area (Å²) in [7, 11) is 0. The fraction of sp³-hybridized carbons (Fsp3) is 0.526. The SMILES string of the molecule is C[C@@H]1CN(c2cnc3c(c2)CN(c2nc(Cl)nc4c2COC4)CC3)CCO1. The molecule has 2 aromatic heterocycles. The van der Waals surface area contributed by atoms with Crippen LogP contribution in [0.25, 0.3) is 0 Å². The van der Waals surface area contributed by atoms with Crippen molar-refractivity contribution in [1.82, 2.24) is 15.0 Å². The lowest BCUT2D eigenvalue weighted by atomic mass is 10.0. The first-order valence-electron chi connectivity index (χ1n) is 9.39. The number of nitrogens with zero attached hydrogens (tertiary/aromatic N) is 5. The predicted molar refractivity (Wildman–Crippen MR) is 102 cm³/mol. The van der Waals surface area contributed by atoms with Crippen molar-refractivity contribution in [3.8, 4) is 0 Å². The molecule has 3 aliphatic rings. The van der Waals surface area contributed by atoms with Crippen molar-refractivity contribution in [2.75, 3.05) is 36.0 Å². The molecule has 0 radical (unpaired) electrons. The fourth-order valence-electron chi connectivity index (χ4n) is 4.09. The molecule has 1 saturated heterocycles. The molecule has 27 heavy (non-hydrogen) atoms. The number of morpholine rings is 1. The van der Waals surface area contributed by atoms with Gasteiger partial charge in [-0.05, 0) is 30.2 Å². The van der Waals surface area contributed by atoms with Gasteiger partial charge in [0.1, 0.15) is 5.82 Å². The smallest absolute Gasteiger partial charge is 0.224 e. The van der Waals surface area contributed by atoms with Gasteiger partial charge < -0.3 is 19.3 Å². The molecule has 0 N–H and O–H groups in total. The number of rotatable bonds is 2. The summed E-state index contributed by atoms with van der Waals surface area (Å²) in [4.78, 5) is 18.2. The lowest BCUT2D eigenvalue weighted by Gasteiger charge is -2.34. The number of aromatic nitrogens is 3. The first-order valence-corrected chi connectivity index (χ1v) is 9.77. The molecule has 0 amide bonds. The Kier molecular flexibility index (Phi) is 4.38. The van der Waals surface area contributed by atoms with Crippen LogP contribution in [0.1, 0.15) is 29.4 Å². The standard InChI is InChI=1S/C19H22ClN5O2/c1-12-8-24(4-5-27-12)14-6-13-9-25(3-2-16(13)21-7-14)18-15-10-26-11-17(15)22-19(20)23-18/h6-7,12H,2-5,8-11H2,1H3/t12-/m1/s1. The molecule has 0 bridgehead atoms. The van der Waals surface area contributed by atoms with E-state index in [0.717, 1.165) is 56.3 Å². The highest BCUT2D eigenvalue weighted by Gasteiger charge is 2.27. The van der Waals surface area contributed by atoms with Crippen molar-refractivity contribution < 1.29 is 9.47 Å². The molecule has 8 heteroatoms. The van der Waals surface area contributed by atoms with E-state index in [2.05, 4.69) is 32.8 Å². The summed E-state index contributed by atoms with van der Waals surface area (Å²) in [6, 6.07) is 2.27. The van der Waals surface area contributed by atoms with Crippen LogP contribution in [0.4, 0.5) is 11.5 Å². The summed E-state index contributed by atoms with van der Waals surface area (Å²) in [5.74, 6) is 0.901. The van der Waals surface area contributed by atoms with Crippen LogP contribution in [0, 0.1) is 0 Å². The monoisotopic (exact) mass is 387 g/mol. The number of fused-ring (bicyclic) bond motifs is 2. The Morgan fingerprint density at radius 2 is 2.07 bits per heavy atom. The van der Waals surface area contributed by atoms with Crippen molar-refractivity contribution in [3.63, 3.8) is 0 Å². The van der Waals surface area contributed by atoms with Gasteiger partial charge in [0.05, 0.1) is 43.5 Å². The van der Waals surface area contributed by atoms with Gasteiger partial charge in [-0.15, -0.1) is 0 Å². The summed E-state index contributed by atoms with van der Waals surface area (Å²) in [5.41, 5.74) is 5.56. The first kappa shape index (κ1) is 17.2. The maximum Gasteiger partial charge on any atom is 0.224 e. The van der Waals surface area contributed by atoms with E-state index >= 15 is 0 Å². The highest BCUT2D eigenvalue weighted by Crippen LogP contribution is 2.32. The molecule has 5 heterocycles. The fourth-order valence-corrected chi connectivity index (χ4v) is 4.27. The van der Waals surface area contributed by atoms with Crippen molar-refractivity contribution in [3.05, 3.63) is 40.1 Å². The van der Waals surface area contributed by atoms with E-state index in [1.807, 2.05) is 6.20 Å². The normalized spacial score (nSPS) is 21.9. The Bertz CT molecular complexity index is 877. The first-order chi connectivity index (χ1) is 13.2. The Balaban J connectivity index is 1.43. The van der Waals surface area contributed by atoms with Crippen molar-refractivity contribution in [2.45, 2.75) is 39.2 Å². The molecule has 1 fully saturated rings. The second kappa shape index (κ2) is 6.89. The predicted octanol–water partition coefficient (Wildman–Crippen LogP) is 2.34. The van der Waals surface area contributed by atoms with Gasteiger partial charge in [0.25, 0.3) is 0 Å². The van der Waals surface area contributed by atoms with Gasteiger partial charge in [-0.1, -0.05) is 0 Å². The van der Waals surface area contributed by atoms with Gasteiger partial charge in [0.15, 0.2) is 0 Å². The number of hydrogen-bond acceptors (Lipinski definition) is 7. The van der Waals surface area contributed by atoms with Crippen molar-refractivity contribution in [1.29, 1.82) is 0 Å². The second-order valence-corrected chi connectivity index (χ2v) is 7.67. The molecule has 7 nitrogen and oxygen atoms in total. The summed E-state index contributed by atoms with van der Waals surface area (Å²) in [6.45, 7) is 7.38. The maximum absolute atomic E-state index is 6.15. The number of anilines is 2. The molecule has 3 aliphatic heterocycles. The summed E-state index contributed by atoms with van der Waals surface area (Å²) in [6.07, 6.45) is 3.14. The van der Waals surface area contributed by atoms with Crippen LogP contribution >= 0.6 is 11.6 Å². The zero-order valence-electron chi connectivity index (χ0n) is 15.3. The molecule has 5 rings (SSSR count). The lowest BCUT2D eigenvalue weighted by Crippen LogP contribution is -2.41. The van der Waals surface area contributed by atoms with E-state index in [1.54, 1.807) is 0 Å². The molecule has 0 aromatic carbocycles. The van der Waals surface area contributed by atoms with E-state index < -0.39 is 0 Å². The van der Waals surface area contributed by atoms with Crippen LogP contribution in [-0.4, -0.2) is 47.3 Å². The zero-order chi connectivity index (χ0) is 18.4. The van der Waals surface area contributed by atoms with Crippen LogP contribution in [0.15, 0.2) is 12.3 Å². The lowest BCUT2D eigenvalue weighted by molar-refractivity contribution is 0.0532. The Labute approximate surface area is 163 Å². The third-order valence-electron chi connectivity index (χ3n) is 5.46. The highest BCUT2D eigenvalue weighted by atomic mass is 35.5. The summed E-state index contributed by atoms with van der Waals surface area (Å²) in [5, 5.41) is 0.286. The largest absolute Gasteiger partial charge is 0.375 e. The van der Waals surface area contributed by atoms with Gasteiger partial charge in [-0.3, -0.25) is 4.98 Å². The van der Waals surface area contributed by atoms with Crippen LogP contribution < -0.4 is 9.80 Å². The third kappa shape index (κ3) is 3.24. The van der Waals surface area contributed by atoms with E-state index in [9.17, 15) is 0 Å². The van der Waals surface area contributed by atoms with E-state index in [-0.39, 0.29) is 11.4 Å². The van der Waals surface area contributed by atoms with E-state index in [4.69, 9.17) is 26.1 Å². The Morgan fingerprint density at radius 3 is 2.96 bits per heavy atom. The molecule has 1 atom stereocenters. The van der Waals surface area contributed by atoms with Gasteiger partial charge >= 0.3 is 0 Å². The van der Waals surface area contributed by atoms with Gasteiger partial charge in [0.2, 0.25) is 5.28 Å². The molecule has 0 saturated carbocycles. The van der Waals surface area contributed by atoms with Crippen molar-refractivity contribution in [2.24, 2.45) is 0 Å². The number of ether oxygens (including phenoxy) is 2. The summed E-state index contributed by atoms with van der Waals surface area (Å²) >= 11 is 6.15. The van der Waals surface area contributed by atoms with Crippen LogP contribution in [0.5, 0.6) is 0 Å². The average molecular weight is 388 g/mol. The molecule has 0 spiro atoms. The zero-order valence-corrected chi connectivity index (χ0v) is 16.1. The van der Waals surface area contributed by atoms with Gasteiger partial charge in [-0.25, -0.2) is 9.97 Å².